The quantitative estimate of drug-likeness (QED) is 0.741. The van der Waals surface area contributed by atoms with Crippen LogP contribution < -0.4 is 0 Å². The molecule has 3 rings (SSSR count). The van der Waals surface area contributed by atoms with Crippen molar-refractivity contribution >= 4 is 32.7 Å². The third kappa shape index (κ3) is 1.33. The van der Waals surface area contributed by atoms with Crippen LogP contribution >= 0.6 is 15.9 Å². The van der Waals surface area contributed by atoms with E-state index in [4.69, 9.17) is 0 Å². The van der Waals surface area contributed by atoms with E-state index in [2.05, 4.69) is 20.9 Å². The molecule has 0 aliphatic carbocycles. The fraction of sp³-hybridized carbons (Fsp3) is 0.167. The summed E-state index contributed by atoms with van der Waals surface area (Å²) < 4.78 is 1.00. The minimum atomic E-state index is 0.0623. The molecule has 0 saturated carbocycles. The zero-order chi connectivity index (χ0) is 11.3. The molecule has 0 bridgehead atoms. The van der Waals surface area contributed by atoms with E-state index < -0.39 is 0 Å². The number of hydrogen-bond acceptors (Lipinski definition) is 2. The monoisotopic (exact) mass is 276 g/mol. The minimum absolute atomic E-state index is 0.0623. The molecular weight excluding hydrogens is 268 g/mol. The largest absolute Gasteiger partial charge is 0.336 e. The predicted octanol–water partition coefficient (Wildman–Crippen LogP) is 2.58. The van der Waals surface area contributed by atoms with Crippen molar-refractivity contribution < 1.29 is 4.79 Å². The standard InChI is InChI=1S/C12H9BrN2O/c1-15-6-11-9(12(15)16)4-7-2-3-8(13)5-10(7)14-11/h2-5H,6H2,1H3. The molecule has 4 heteroatoms. The zero-order valence-electron chi connectivity index (χ0n) is 8.70. The average Bonchev–Trinajstić information content (AvgIpc) is 2.52. The Kier molecular flexibility index (Phi) is 2.01. The zero-order valence-corrected chi connectivity index (χ0v) is 10.3. The molecule has 2 aromatic rings. The van der Waals surface area contributed by atoms with Crippen molar-refractivity contribution in [3.8, 4) is 0 Å². The molecule has 80 valence electrons. The number of amides is 1. The smallest absolute Gasteiger partial charge is 0.255 e. The molecular formula is C12H9BrN2O. The van der Waals surface area contributed by atoms with Crippen LogP contribution in [0, 0.1) is 0 Å². The van der Waals surface area contributed by atoms with E-state index in [0.717, 1.165) is 26.6 Å². The van der Waals surface area contributed by atoms with E-state index in [1.165, 1.54) is 0 Å². The molecule has 1 aromatic carbocycles. The fourth-order valence-electron chi connectivity index (χ4n) is 1.99. The Morgan fingerprint density at radius 2 is 2.19 bits per heavy atom. The molecule has 0 radical (unpaired) electrons. The summed E-state index contributed by atoms with van der Waals surface area (Å²) in [6.07, 6.45) is 0. The molecule has 0 saturated heterocycles. The van der Waals surface area contributed by atoms with Gasteiger partial charge in [-0.2, -0.15) is 0 Å². The molecule has 1 aromatic heterocycles. The predicted molar refractivity (Wildman–Crippen MR) is 65.2 cm³/mol. The molecule has 3 nitrogen and oxygen atoms in total. The Labute approximate surface area is 101 Å². The molecule has 0 atom stereocenters. The lowest BCUT2D eigenvalue weighted by Crippen LogP contribution is -2.17. The first kappa shape index (κ1) is 9.78. The summed E-state index contributed by atoms with van der Waals surface area (Å²) in [6.45, 7) is 0.608. The maximum Gasteiger partial charge on any atom is 0.255 e. The number of nitrogens with zero attached hydrogens (tertiary/aromatic N) is 2. The van der Waals surface area contributed by atoms with Gasteiger partial charge in [-0.3, -0.25) is 9.78 Å². The van der Waals surface area contributed by atoms with Crippen LogP contribution in [0.15, 0.2) is 28.7 Å². The summed E-state index contributed by atoms with van der Waals surface area (Å²) in [5.74, 6) is 0.0623. The van der Waals surface area contributed by atoms with Gasteiger partial charge in [-0.25, -0.2) is 0 Å². The number of carbonyl (C=O) groups is 1. The summed E-state index contributed by atoms with van der Waals surface area (Å²) in [5, 5.41) is 1.01. The number of aromatic nitrogens is 1. The van der Waals surface area contributed by atoms with Crippen LogP contribution in [0.4, 0.5) is 0 Å². The number of fused-ring (bicyclic) bond motifs is 2. The Balaban J connectivity index is 2.30. The summed E-state index contributed by atoms with van der Waals surface area (Å²) >= 11 is 3.42. The highest BCUT2D eigenvalue weighted by Crippen LogP contribution is 2.25. The van der Waals surface area contributed by atoms with Gasteiger partial charge in [0.15, 0.2) is 0 Å². The van der Waals surface area contributed by atoms with Gasteiger partial charge in [0.25, 0.3) is 5.91 Å². The number of hydrogen-bond donors (Lipinski definition) is 0. The first-order chi connectivity index (χ1) is 7.65. The van der Waals surface area contributed by atoms with Crippen molar-refractivity contribution in [3.63, 3.8) is 0 Å². The second-order valence-corrected chi connectivity index (χ2v) is 4.90. The average molecular weight is 277 g/mol. The highest BCUT2D eigenvalue weighted by molar-refractivity contribution is 9.10. The van der Waals surface area contributed by atoms with Gasteiger partial charge in [-0.15, -0.1) is 0 Å². The maximum absolute atomic E-state index is 11.8. The van der Waals surface area contributed by atoms with Crippen LogP contribution in [0.3, 0.4) is 0 Å². The van der Waals surface area contributed by atoms with E-state index in [9.17, 15) is 4.79 Å². The Morgan fingerprint density at radius 1 is 1.38 bits per heavy atom. The van der Waals surface area contributed by atoms with Gasteiger partial charge < -0.3 is 4.90 Å². The van der Waals surface area contributed by atoms with E-state index in [1.807, 2.05) is 24.3 Å². The highest BCUT2D eigenvalue weighted by atomic mass is 79.9. The summed E-state index contributed by atoms with van der Waals surface area (Å²) in [7, 11) is 1.80. The molecule has 0 fully saturated rings. The lowest BCUT2D eigenvalue weighted by molar-refractivity contribution is 0.0816. The first-order valence-electron chi connectivity index (χ1n) is 5.00. The Morgan fingerprint density at radius 3 is 3.00 bits per heavy atom. The van der Waals surface area contributed by atoms with Crippen LogP contribution in [0.1, 0.15) is 16.1 Å². The summed E-state index contributed by atoms with van der Waals surface area (Å²) in [5.41, 5.74) is 2.53. The molecule has 16 heavy (non-hydrogen) atoms. The van der Waals surface area contributed by atoms with Crippen molar-refractivity contribution in [1.82, 2.24) is 9.88 Å². The lowest BCUT2D eigenvalue weighted by Gasteiger charge is -2.03. The van der Waals surface area contributed by atoms with E-state index >= 15 is 0 Å². The topological polar surface area (TPSA) is 33.2 Å². The number of carbonyl (C=O) groups excluding carboxylic acids is 1. The number of benzene rings is 1. The molecule has 1 aliphatic rings. The molecule has 1 aliphatic heterocycles. The normalized spacial score (nSPS) is 14.6. The first-order valence-corrected chi connectivity index (χ1v) is 5.79. The second-order valence-electron chi connectivity index (χ2n) is 3.98. The number of pyridine rings is 1. The molecule has 0 unspecified atom stereocenters. The van der Waals surface area contributed by atoms with Crippen molar-refractivity contribution in [2.24, 2.45) is 0 Å². The maximum atomic E-state index is 11.8. The van der Waals surface area contributed by atoms with E-state index in [1.54, 1.807) is 11.9 Å². The van der Waals surface area contributed by atoms with Gasteiger partial charge in [-0.1, -0.05) is 22.0 Å². The lowest BCUT2D eigenvalue weighted by atomic mass is 10.1. The summed E-state index contributed by atoms with van der Waals surface area (Å²) in [6, 6.07) is 7.83. The van der Waals surface area contributed by atoms with Gasteiger partial charge in [0.05, 0.1) is 23.3 Å². The molecule has 0 N–H and O–H groups in total. The van der Waals surface area contributed by atoms with Crippen molar-refractivity contribution in [2.45, 2.75) is 6.54 Å². The van der Waals surface area contributed by atoms with Crippen LogP contribution in [-0.2, 0) is 6.54 Å². The third-order valence-electron chi connectivity index (χ3n) is 2.82. The SMILES string of the molecule is CN1Cc2nc3cc(Br)ccc3cc2C1=O. The van der Waals surface area contributed by atoms with Crippen LogP contribution in [0.25, 0.3) is 10.9 Å². The Bertz CT molecular complexity index is 609. The van der Waals surface area contributed by atoms with Crippen LogP contribution in [0.5, 0.6) is 0 Å². The van der Waals surface area contributed by atoms with Crippen LogP contribution in [-0.4, -0.2) is 22.8 Å². The van der Waals surface area contributed by atoms with Crippen molar-refractivity contribution in [1.29, 1.82) is 0 Å². The summed E-state index contributed by atoms with van der Waals surface area (Å²) in [4.78, 5) is 18.0. The minimum Gasteiger partial charge on any atom is -0.336 e. The van der Waals surface area contributed by atoms with Gasteiger partial charge in [0, 0.05) is 16.9 Å². The number of halogens is 1. The van der Waals surface area contributed by atoms with Crippen LogP contribution in [0.2, 0.25) is 0 Å². The highest BCUT2D eigenvalue weighted by Gasteiger charge is 2.25. The van der Waals surface area contributed by atoms with E-state index in [0.29, 0.717) is 6.54 Å². The van der Waals surface area contributed by atoms with Gasteiger partial charge in [-0.05, 0) is 18.2 Å². The van der Waals surface area contributed by atoms with Gasteiger partial charge >= 0.3 is 0 Å². The second kappa shape index (κ2) is 3.28. The number of rotatable bonds is 0. The third-order valence-corrected chi connectivity index (χ3v) is 3.32. The van der Waals surface area contributed by atoms with Gasteiger partial charge in [0.1, 0.15) is 0 Å². The van der Waals surface area contributed by atoms with E-state index in [-0.39, 0.29) is 5.91 Å². The molecule has 2 heterocycles. The molecule has 1 amide bonds. The van der Waals surface area contributed by atoms with Gasteiger partial charge in [0.2, 0.25) is 0 Å². The Hall–Kier alpha value is -1.42. The fourth-order valence-corrected chi connectivity index (χ4v) is 2.34. The molecule has 0 spiro atoms. The van der Waals surface area contributed by atoms with Crippen molar-refractivity contribution in [2.75, 3.05) is 7.05 Å². The van der Waals surface area contributed by atoms with Crippen molar-refractivity contribution in [3.05, 3.63) is 40.0 Å².